The molecule has 0 spiro atoms. The van der Waals surface area contributed by atoms with Crippen LogP contribution in [0.15, 0.2) is 18.3 Å². The summed E-state index contributed by atoms with van der Waals surface area (Å²) in [5.74, 6) is 2.42. The Bertz CT molecular complexity index is 375. The number of thioether (sulfide) groups is 1. The zero-order valence-corrected chi connectivity index (χ0v) is 10.7. The van der Waals surface area contributed by atoms with Gasteiger partial charge >= 0.3 is 0 Å². The molecule has 1 aromatic heterocycles. The molecule has 0 amide bonds. The number of hydrogen-bond donors (Lipinski definition) is 1. The van der Waals surface area contributed by atoms with Gasteiger partial charge in [0.2, 0.25) is 0 Å². The number of rotatable bonds is 3. The molecule has 1 saturated heterocycles. The molecular weight excluding hydrogens is 238 g/mol. The Morgan fingerprint density at radius 1 is 1.50 bits per heavy atom. The second kappa shape index (κ2) is 5.61. The fourth-order valence-corrected chi connectivity index (χ4v) is 2.95. The van der Waals surface area contributed by atoms with E-state index < -0.39 is 0 Å². The van der Waals surface area contributed by atoms with Gasteiger partial charge in [0.15, 0.2) is 0 Å². The molecule has 2 rings (SSSR count). The number of aromatic nitrogens is 1. The molecular formula is C11H15N3S2. The lowest BCUT2D eigenvalue weighted by atomic mass is 10.2. The van der Waals surface area contributed by atoms with E-state index in [1.54, 1.807) is 6.20 Å². The lowest BCUT2D eigenvalue weighted by Gasteiger charge is -2.26. The highest BCUT2D eigenvalue weighted by molar-refractivity contribution is 7.99. The molecule has 0 aromatic carbocycles. The van der Waals surface area contributed by atoms with Crippen molar-refractivity contribution in [3.63, 3.8) is 0 Å². The Hall–Kier alpha value is -0.650. The van der Waals surface area contributed by atoms with Gasteiger partial charge in [0, 0.05) is 37.3 Å². The van der Waals surface area contributed by atoms with Gasteiger partial charge in [-0.05, 0) is 11.6 Å². The molecule has 1 fully saturated rings. The number of thiocarbonyl (C=S) groups is 1. The van der Waals surface area contributed by atoms with Crippen molar-refractivity contribution < 1.29 is 0 Å². The van der Waals surface area contributed by atoms with Crippen molar-refractivity contribution in [2.45, 2.75) is 6.54 Å². The first-order valence-corrected chi connectivity index (χ1v) is 6.87. The first kappa shape index (κ1) is 11.8. The Kier molecular flexibility index (Phi) is 4.15. The minimum atomic E-state index is 0.391. The summed E-state index contributed by atoms with van der Waals surface area (Å²) in [7, 11) is 0. The number of nitrogens with two attached hydrogens (primary N) is 1. The van der Waals surface area contributed by atoms with Crippen LogP contribution in [0, 0.1) is 0 Å². The molecule has 0 bridgehead atoms. The number of hydrogen-bond acceptors (Lipinski definition) is 4. The third kappa shape index (κ3) is 2.93. The predicted octanol–water partition coefficient (Wildman–Crippen LogP) is 1.26. The Balaban J connectivity index is 2.10. The van der Waals surface area contributed by atoms with E-state index in [9.17, 15) is 0 Å². The van der Waals surface area contributed by atoms with Gasteiger partial charge in [-0.25, -0.2) is 0 Å². The highest BCUT2D eigenvalue weighted by atomic mass is 32.2. The molecule has 0 saturated carbocycles. The Morgan fingerprint density at radius 3 is 2.94 bits per heavy atom. The summed E-state index contributed by atoms with van der Waals surface area (Å²) in [6.07, 6.45) is 1.74. The van der Waals surface area contributed by atoms with Crippen LogP contribution in [0.4, 0.5) is 0 Å². The molecule has 0 radical (unpaired) electrons. The fraction of sp³-hybridized carbons (Fsp3) is 0.455. The second-order valence-electron chi connectivity index (χ2n) is 3.76. The van der Waals surface area contributed by atoms with Gasteiger partial charge in [-0.3, -0.25) is 9.88 Å². The molecule has 86 valence electrons. The lowest BCUT2D eigenvalue weighted by Crippen LogP contribution is -2.32. The van der Waals surface area contributed by atoms with Crippen LogP contribution in [0.3, 0.4) is 0 Å². The van der Waals surface area contributed by atoms with E-state index >= 15 is 0 Å². The van der Waals surface area contributed by atoms with E-state index in [1.165, 1.54) is 11.5 Å². The smallest absolute Gasteiger partial charge is 0.123 e. The summed E-state index contributed by atoms with van der Waals surface area (Å²) in [5.41, 5.74) is 7.58. The molecule has 0 aliphatic carbocycles. The van der Waals surface area contributed by atoms with Gasteiger partial charge in [0.25, 0.3) is 0 Å². The van der Waals surface area contributed by atoms with E-state index in [0.717, 1.165) is 30.9 Å². The molecule has 2 heterocycles. The van der Waals surface area contributed by atoms with Crippen molar-refractivity contribution in [2.75, 3.05) is 24.6 Å². The van der Waals surface area contributed by atoms with Crippen LogP contribution in [0.1, 0.15) is 11.3 Å². The van der Waals surface area contributed by atoms with E-state index in [0.29, 0.717) is 4.99 Å². The maximum Gasteiger partial charge on any atom is 0.123 e. The van der Waals surface area contributed by atoms with E-state index in [4.69, 9.17) is 18.0 Å². The molecule has 1 aliphatic heterocycles. The molecule has 0 unspecified atom stereocenters. The zero-order chi connectivity index (χ0) is 11.4. The van der Waals surface area contributed by atoms with Crippen LogP contribution in [0.5, 0.6) is 0 Å². The minimum Gasteiger partial charge on any atom is -0.388 e. The van der Waals surface area contributed by atoms with Crippen molar-refractivity contribution in [2.24, 2.45) is 5.73 Å². The number of pyridine rings is 1. The molecule has 1 aliphatic rings. The van der Waals surface area contributed by atoms with Crippen LogP contribution in [-0.4, -0.2) is 39.5 Å². The van der Waals surface area contributed by atoms with E-state index in [-0.39, 0.29) is 0 Å². The minimum absolute atomic E-state index is 0.391. The second-order valence-corrected chi connectivity index (χ2v) is 5.43. The summed E-state index contributed by atoms with van der Waals surface area (Å²) in [4.78, 5) is 7.06. The largest absolute Gasteiger partial charge is 0.388 e. The van der Waals surface area contributed by atoms with Crippen LogP contribution in [-0.2, 0) is 6.54 Å². The average molecular weight is 253 g/mol. The molecule has 2 N–H and O–H groups in total. The van der Waals surface area contributed by atoms with Crippen molar-refractivity contribution in [1.82, 2.24) is 9.88 Å². The summed E-state index contributed by atoms with van der Waals surface area (Å²) < 4.78 is 0. The topological polar surface area (TPSA) is 42.1 Å². The van der Waals surface area contributed by atoms with Crippen molar-refractivity contribution in [3.05, 3.63) is 29.6 Å². The monoisotopic (exact) mass is 253 g/mol. The van der Waals surface area contributed by atoms with Crippen LogP contribution >= 0.6 is 24.0 Å². The Labute approximate surface area is 105 Å². The molecule has 5 heteroatoms. The van der Waals surface area contributed by atoms with Crippen molar-refractivity contribution in [3.8, 4) is 0 Å². The van der Waals surface area contributed by atoms with E-state index in [2.05, 4.69) is 16.0 Å². The summed E-state index contributed by atoms with van der Waals surface area (Å²) in [6, 6.07) is 4.00. The lowest BCUT2D eigenvalue weighted by molar-refractivity contribution is 0.294. The summed E-state index contributed by atoms with van der Waals surface area (Å²) in [5, 5.41) is 0. The molecule has 1 aromatic rings. The van der Waals surface area contributed by atoms with Crippen molar-refractivity contribution in [1.29, 1.82) is 0 Å². The van der Waals surface area contributed by atoms with Gasteiger partial charge in [-0.2, -0.15) is 11.8 Å². The molecule has 3 nitrogen and oxygen atoms in total. The first-order chi connectivity index (χ1) is 7.77. The standard InChI is InChI=1S/C11H15N3S2/c12-11(15)10-9(2-1-3-13-10)8-14-4-6-16-7-5-14/h1-3H,4-8H2,(H2,12,15). The zero-order valence-electron chi connectivity index (χ0n) is 9.06. The third-order valence-corrected chi connectivity index (χ3v) is 3.76. The number of nitrogens with zero attached hydrogens (tertiary/aromatic N) is 2. The highest BCUT2D eigenvalue weighted by Crippen LogP contribution is 2.14. The normalized spacial score (nSPS) is 17.2. The Morgan fingerprint density at radius 2 is 2.25 bits per heavy atom. The SMILES string of the molecule is NC(=S)c1ncccc1CN1CCSCC1. The van der Waals surface area contributed by atoms with Crippen LogP contribution < -0.4 is 5.73 Å². The van der Waals surface area contributed by atoms with Crippen LogP contribution in [0.2, 0.25) is 0 Å². The predicted molar refractivity (Wildman–Crippen MR) is 72.7 cm³/mol. The van der Waals surface area contributed by atoms with Crippen molar-refractivity contribution >= 4 is 29.0 Å². The van der Waals surface area contributed by atoms with Gasteiger partial charge < -0.3 is 5.73 Å². The van der Waals surface area contributed by atoms with Crippen LogP contribution in [0.25, 0.3) is 0 Å². The van der Waals surface area contributed by atoms with Gasteiger partial charge in [-0.15, -0.1) is 0 Å². The van der Waals surface area contributed by atoms with Gasteiger partial charge in [0.05, 0.1) is 0 Å². The summed E-state index contributed by atoms with van der Waals surface area (Å²) in [6.45, 7) is 3.17. The van der Waals surface area contributed by atoms with Gasteiger partial charge in [-0.1, -0.05) is 18.3 Å². The summed E-state index contributed by atoms with van der Waals surface area (Å²) >= 11 is 7.02. The molecule has 0 atom stereocenters. The first-order valence-electron chi connectivity index (χ1n) is 5.31. The maximum atomic E-state index is 5.67. The fourth-order valence-electron chi connectivity index (χ4n) is 1.79. The quantitative estimate of drug-likeness (QED) is 0.822. The van der Waals surface area contributed by atoms with Gasteiger partial charge in [0.1, 0.15) is 10.7 Å². The third-order valence-electron chi connectivity index (χ3n) is 2.62. The maximum absolute atomic E-state index is 5.67. The van der Waals surface area contributed by atoms with E-state index in [1.807, 2.05) is 17.8 Å². The average Bonchev–Trinajstić information content (AvgIpc) is 2.31. The molecule has 16 heavy (non-hydrogen) atoms. The highest BCUT2D eigenvalue weighted by Gasteiger charge is 2.13.